The number of quaternary nitrogens is 1. The van der Waals surface area contributed by atoms with Gasteiger partial charge in [-0.1, -0.05) is 86.3 Å². The number of halogens is 1. The van der Waals surface area contributed by atoms with Crippen LogP contribution in [0.3, 0.4) is 0 Å². The molecule has 0 spiro atoms. The van der Waals surface area contributed by atoms with E-state index in [9.17, 15) is 9.90 Å². The predicted molar refractivity (Wildman–Crippen MR) is 134 cm³/mol. The van der Waals surface area contributed by atoms with Crippen molar-refractivity contribution in [3.05, 3.63) is 71.8 Å². The molecule has 190 valence electrons. The van der Waals surface area contributed by atoms with Crippen molar-refractivity contribution in [2.75, 3.05) is 13.6 Å². The van der Waals surface area contributed by atoms with Gasteiger partial charge in [0.25, 0.3) is 0 Å². The first kappa shape index (κ1) is 26.6. The molecule has 2 aromatic rings. The number of rotatable bonds is 6. The number of nitrogens with zero attached hydrogens (tertiary/aromatic N) is 1. The van der Waals surface area contributed by atoms with E-state index in [0.29, 0.717) is 17.5 Å². The molecule has 1 aliphatic heterocycles. The quantitative estimate of drug-likeness (QED) is 0.244. The van der Waals surface area contributed by atoms with E-state index in [1.54, 1.807) is 0 Å². The summed E-state index contributed by atoms with van der Waals surface area (Å²) in [6.45, 7) is 3.33. The molecule has 1 N–H and O–H groups in total. The Bertz CT molecular complexity index is 978. The molecule has 3 unspecified atom stereocenters. The number of esters is 1. The number of hydrogen-bond donors (Lipinski definition) is 1. The first-order valence-corrected chi connectivity index (χ1v) is 13.3. The Labute approximate surface area is 227 Å². The predicted octanol–water partition coefficient (Wildman–Crippen LogP) is 2.76. The lowest BCUT2D eigenvalue weighted by Gasteiger charge is -2.43. The van der Waals surface area contributed by atoms with E-state index in [1.165, 1.54) is 18.4 Å². The molecule has 2 bridgehead atoms. The first-order valence-electron chi connectivity index (χ1n) is 13.3. The molecule has 1 heterocycles. The third-order valence-corrected chi connectivity index (χ3v) is 9.44. The molecule has 1 saturated heterocycles. The third-order valence-electron chi connectivity index (χ3n) is 9.44. The maximum Gasteiger partial charge on any atom is 0.343 e. The van der Waals surface area contributed by atoms with Gasteiger partial charge >= 0.3 is 5.97 Å². The Morgan fingerprint density at radius 3 is 2.17 bits per heavy atom. The van der Waals surface area contributed by atoms with Gasteiger partial charge < -0.3 is 38.3 Å². The molecule has 35 heavy (non-hydrogen) atoms. The molecule has 5 rings (SSSR count). The van der Waals surface area contributed by atoms with E-state index in [1.807, 2.05) is 30.3 Å². The Hall–Kier alpha value is -1.44. The van der Waals surface area contributed by atoms with Crippen molar-refractivity contribution in [2.45, 2.75) is 82.1 Å². The molecule has 2 saturated carbocycles. The van der Waals surface area contributed by atoms with E-state index in [2.05, 4.69) is 44.3 Å². The molecular formula is C30H40INO3. The summed E-state index contributed by atoms with van der Waals surface area (Å²) in [5.74, 6) is -0.152. The first-order chi connectivity index (χ1) is 16.4. The lowest BCUT2D eigenvalue weighted by atomic mass is 9.77. The lowest BCUT2D eigenvalue weighted by Crippen LogP contribution is -3.00. The van der Waals surface area contributed by atoms with Gasteiger partial charge in [-0.25, -0.2) is 4.79 Å². The average molecular weight is 590 g/mol. The number of aliphatic hydroxyl groups is 1. The van der Waals surface area contributed by atoms with Crippen LogP contribution in [0.2, 0.25) is 0 Å². The minimum absolute atomic E-state index is 0. The van der Waals surface area contributed by atoms with E-state index in [0.717, 1.165) is 49.6 Å². The van der Waals surface area contributed by atoms with Crippen molar-refractivity contribution in [1.29, 1.82) is 0 Å². The standard InChI is InChI=1S/C30H40NO3.HI/c1-22(23-13-7-5-8-14-23)31(2)21-24-19-20-27(31)28(24)34-29(32)30(33,26-17-11-6-12-18-26)25-15-9-3-4-10-16-25;/h5-8,11-14,17-18,22,24-25,27-28,33H,3-4,9-10,15-16,19-21H2,1-2H3;1H/q+1;/p-1/t22-,24-,27-,28?,30?,31?;/m1./s1. The summed E-state index contributed by atoms with van der Waals surface area (Å²) in [5, 5.41) is 12.1. The highest BCUT2D eigenvalue weighted by Gasteiger charge is 2.61. The second-order valence-corrected chi connectivity index (χ2v) is 11.2. The number of hydrogen-bond acceptors (Lipinski definition) is 3. The molecule has 3 aliphatic rings. The summed E-state index contributed by atoms with van der Waals surface area (Å²) >= 11 is 0. The van der Waals surface area contributed by atoms with Crippen molar-refractivity contribution in [1.82, 2.24) is 0 Å². The largest absolute Gasteiger partial charge is 1.00 e. The second-order valence-electron chi connectivity index (χ2n) is 11.2. The van der Waals surface area contributed by atoms with Gasteiger partial charge in [-0.05, 0) is 31.7 Å². The summed E-state index contributed by atoms with van der Waals surface area (Å²) in [5.41, 5.74) is 0.455. The minimum atomic E-state index is -1.57. The minimum Gasteiger partial charge on any atom is -1.00 e. The topological polar surface area (TPSA) is 46.5 Å². The van der Waals surface area contributed by atoms with Crippen molar-refractivity contribution < 1.29 is 43.1 Å². The third kappa shape index (κ3) is 4.80. The summed E-state index contributed by atoms with van der Waals surface area (Å²) in [7, 11) is 2.33. The highest BCUT2D eigenvalue weighted by Crippen LogP contribution is 2.50. The maximum absolute atomic E-state index is 13.9. The maximum atomic E-state index is 13.9. The Balaban J connectivity index is 0.00000289. The van der Waals surface area contributed by atoms with Crippen LogP contribution in [-0.2, 0) is 15.1 Å². The van der Waals surface area contributed by atoms with Gasteiger partial charge in [0.1, 0.15) is 12.1 Å². The van der Waals surface area contributed by atoms with E-state index >= 15 is 0 Å². The fraction of sp³-hybridized carbons (Fsp3) is 0.567. The molecule has 4 nitrogen and oxygen atoms in total. The van der Waals surface area contributed by atoms with E-state index < -0.39 is 11.6 Å². The van der Waals surface area contributed by atoms with Crippen LogP contribution in [0.4, 0.5) is 0 Å². The van der Waals surface area contributed by atoms with Crippen LogP contribution in [0, 0.1) is 11.8 Å². The lowest BCUT2D eigenvalue weighted by molar-refractivity contribution is -0.954. The van der Waals surface area contributed by atoms with E-state index in [-0.39, 0.29) is 42.0 Å². The number of fused-ring (bicyclic) bond motifs is 2. The number of piperidine rings is 1. The molecule has 3 fully saturated rings. The molecular weight excluding hydrogens is 549 g/mol. The zero-order valence-electron chi connectivity index (χ0n) is 21.1. The molecule has 0 radical (unpaired) electrons. The van der Waals surface area contributed by atoms with E-state index in [4.69, 9.17) is 4.74 Å². The average Bonchev–Trinajstić information content (AvgIpc) is 3.22. The normalized spacial score (nSPS) is 31.1. The molecule has 5 heteroatoms. The summed E-state index contributed by atoms with van der Waals surface area (Å²) < 4.78 is 7.29. The molecule has 0 aromatic heterocycles. The molecule has 2 aromatic carbocycles. The number of ether oxygens (including phenoxy) is 1. The van der Waals surface area contributed by atoms with Gasteiger partial charge in [0.05, 0.1) is 19.5 Å². The summed E-state index contributed by atoms with van der Waals surface area (Å²) in [4.78, 5) is 13.9. The van der Waals surface area contributed by atoms with Crippen LogP contribution < -0.4 is 24.0 Å². The van der Waals surface area contributed by atoms with Gasteiger partial charge in [-0.15, -0.1) is 0 Å². The van der Waals surface area contributed by atoms with Crippen molar-refractivity contribution in [3.63, 3.8) is 0 Å². The number of likely N-dealkylation sites (N-methyl/N-ethyl adjacent to an activating group) is 1. The Morgan fingerprint density at radius 2 is 1.54 bits per heavy atom. The van der Waals surface area contributed by atoms with Gasteiger partial charge in [-0.3, -0.25) is 0 Å². The van der Waals surface area contributed by atoms with Crippen molar-refractivity contribution in [3.8, 4) is 0 Å². The van der Waals surface area contributed by atoms with Crippen LogP contribution in [0.15, 0.2) is 60.7 Å². The monoisotopic (exact) mass is 589 g/mol. The van der Waals surface area contributed by atoms with Crippen LogP contribution in [-0.4, -0.2) is 41.3 Å². The summed E-state index contributed by atoms with van der Waals surface area (Å²) in [6.07, 6.45) is 8.27. The highest BCUT2D eigenvalue weighted by molar-refractivity contribution is 5.82. The van der Waals surface area contributed by atoms with Crippen LogP contribution in [0.5, 0.6) is 0 Å². The van der Waals surface area contributed by atoms with Crippen LogP contribution in [0.1, 0.15) is 75.5 Å². The zero-order chi connectivity index (χ0) is 23.8. The molecule has 6 atom stereocenters. The fourth-order valence-corrected chi connectivity index (χ4v) is 7.31. The molecule has 0 amide bonds. The van der Waals surface area contributed by atoms with Crippen LogP contribution in [0.25, 0.3) is 0 Å². The smallest absolute Gasteiger partial charge is 0.343 e. The number of carbonyl (C=O) groups excluding carboxylic acids is 1. The fourth-order valence-electron chi connectivity index (χ4n) is 7.31. The van der Waals surface area contributed by atoms with Crippen molar-refractivity contribution in [2.24, 2.45) is 11.8 Å². The summed E-state index contributed by atoms with van der Waals surface area (Å²) in [6, 6.07) is 20.9. The molecule has 2 aliphatic carbocycles. The number of likely N-dealkylation sites (tertiary alicyclic amines) is 1. The highest BCUT2D eigenvalue weighted by atomic mass is 127. The van der Waals surface area contributed by atoms with Gasteiger partial charge in [-0.2, -0.15) is 0 Å². The zero-order valence-corrected chi connectivity index (χ0v) is 23.3. The van der Waals surface area contributed by atoms with Gasteiger partial charge in [0, 0.05) is 17.9 Å². The SMILES string of the molecule is C[C@H](c1ccccc1)[N+]1(C)C[C@H]2CC[C@@H]1C2OC(=O)C(O)(c1ccccc1)C1CCCCCC1.[I-]. The van der Waals surface area contributed by atoms with Gasteiger partial charge in [0.15, 0.2) is 11.7 Å². The second kappa shape index (κ2) is 10.9. The Morgan fingerprint density at radius 1 is 0.943 bits per heavy atom. The van der Waals surface area contributed by atoms with Crippen LogP contribution >= 0.6 is 0 Å². The Kier molecular flexibility index (Phi) is 8.29. The number of benzene rings is 2. The van der Waals surface area contributed by atoms with Crippen molar-refractivity contribution >= 4 is 5.97 Å². The van der Waals surface area contributed by atoms with Gasteiger partial charge in [0.2, 0.25) is 0 Å². The number of carbonyl (C=O) groups is 1.